The molecule has 0 unspecified atom stereocenters. The minimum Gasteiger partial charge on any atom is -0.493 e. The van der Waals surface area contributed by atoms with Crippen LogP contribution in [0.1, 0.15) is 38.3 Å². The van der Waals surface area contributed by atoms with Crippen molar-refractivity contribution in [1.82, 2.24) is 10.2 Å². The number of anilines is 1. The summed E-state index contributed by atoms with van der Waals surface area (Å²) in [5.41, 5.74) is 3.06. The normalized spacial score (nSPS) is 14.2. The topological polar surface area (TPSA) is 85.5 Å². The van der Waals surface area contributed by atoms with Gasteiger partial charge in [0.05, 0.1) is 32.7 Å². The molecule has 1 heterocycles. The van der Waals surface area contributed by atoms with Crippen LogP contribution in [0.2, 0.25) is 0 Å². The maximum absolute atomic E-state index is 12.7. The van der Waals surface area contributed by atoms with E-state index in [-0.39, 0.29) is 11.8 Å². The van der Waals surface area contributed by atoms with Crippen molar-refractivity contribution in [2.24, 2.45) is 5.92 Å². The lowest BCUT2D eigenvalue weighted by Gasteiger charge is -2.15. The average Bonchev–Trinajstić information content (AvgIpc) is 3.36. The van der Waals surface area contributed by atoms with E-state index in [4.69, 9.17) is 14.2 Å². The summed E-state index contributed by atoms with van der Waals surface area (Å²) in [5, 5.41) is 10.6. The molecule has 0 radical (unpaired) electrons. The lowest BCUT2D eigenvalue weighted by Crippen LogP contribution is -2.21. The molecule has 0 bridgehead atoms. The van der Waals surface area contributed by atoms with Crippen LogP contribution < -0.4 is 19.5 Å². The van der Waals surface area contributed by atoms with E-state index >= 15 is 0 Å². The minimum atomic E-state index is 0.0669. The third-order valence-electron chi connectivity index (χ3n) is 5.11. The van der Waals surface area contributed by atoms with E-state index in [2.05, 4.69) is 15.5 Å². The lowest BCUT2D eigenvalue weighted by atomic mass is 10.1. The summed E-state index contributed by atoms with van der Waals surface area (Å²) < 4.78 is 16.3. The molecule has 1 aliphatic rings. The summed E-state index contributed by atoms with van der Waals surface area (Å²) in [6.07, 6.45) is 4.86. The molecule has 0 aliphatic heterocycles. The Bertz CT molecular complexity index is 785. The maximum Gasteiger partial charge on any atom is 0.227 e. The van der Waals surface area contributed by atoms with Crippen LogP contribution in [-0.2, 0) is 11.2 Å². The molecule has 1 aromatic heterocycles. The summed E-state index contributed by atoms with van der Waals surface area (Å²) in [7, 11) is 4.72. The third kappa shape index (κ3) is 3.72. The van der Waals surface area contributed by atoms with Gasteiger partial charge in [-0.1, -0.05) is 19.8 Å². The number of aryl methyl sites for hydroxylation is 1. The fourth-order valence-corrected chi connectivity index (χ4v) is 3.61. The van der Waals surface area contributed by atoms with E-state index in [0.717, 1.165) is 49.0 Å². The number of aromatic nitrogens is 2. The molecule has 1 saturated carbocycles. The number of nitrogens with one attached hydrogen (secondary N) is 2. The van der Waals surface area contributed by atoms with Gasteiger partial charge in [0.25, 0.3) is 0 Å². The number of nitrogens with zero attached hydrogens (tertiary/aromatic N) is 1. The molecule has 0 spiro atoms. The number of carbonyl (C=O) groups is 1. The van der Waals surface area contributed by atoms with Gasteiger partial charge in [0.2, 0.25) is 11.7 Å². The first-order valence-corrected chi connectivity index (χ1v) is 9.31. The molecule has 1 aromatic carbocycles. The van der Waals surface area contributed by atoms with Crippen molar-refractivity contribution in [2.75, 3.05) is 26.6 Å². The van der Waals surface area contributed by atoms with E-state index in [1.807, 2.05) is 19.1 Å². The first-order chi connectivity index (χ1) is 13.1. The molecule has 0 atom stereocenters. The number of methoxy groups -OCH3 is 3. The van der Waals surface area contributed by atoms with E-state index in [1.54, 1.807) is 21.3 Å². The average molecular weight is 373 g/mol. The van der Waals surface area contributed by atoms with Crippen LogP contribution >= 0.6 is 0 Å². The lowest BCUT2D eigenvalue weighted by molar-refractivity contribution is -0.119. The first kappa shape index (κ1) is 19.1. The van der Waals surface area contributed by atoms with Crippen molar-refractivity contribution >= 4 is 11.6 Å². The van der Waals surface area contributed by atoms with Crippen molar-refractivity contribution in [2.45, 2.75) is 39.0 Å². The highest BCUT2D eigenvalue weighted by atomic mass is 16.5. The van der Waals surface area contributed by atoms with Crippen molar-refractivity contribution in [3.8, 4) is 28.5 Å². The number of hydrogen-bond donors (Lipinski definition) is 2. The van der Waals surface area contributed by atoms with Crippen LogP contribution in [-0.4, -0.2) is 37.4 Å². The molecule has 2 aromatic rings. The molecular formula is C20H27N3O4. The van der Waals surface area contributed by atoms with Crippen molar-refractivity contribution in [1.29, 1.82) is 0 Å². The molecule has 2 N–H and O–H groups in total. The molecule has 146 valence electrons. The number of H-pyrrole nitrogens is 1. The minimum absolute atomic E-state index is 0.0669. The van der Waals surface area contributed by atoms with Gasteiger partial charge in [0, 0.05) is 11.5 Å². The molecule has 3 rings (SSSR count). The number of benzene rings is 1. The number of ether oxygens (including phenoxy) is 3. The van der Waals surface area contributed by atoms with Crippen LogP contribution in [0.3, 0.4) is 0 Å². The SMILES string of the molecule is CCc1[nH]nc(-c2cc(OC)c(OC)c(OC)c2)c1NC(=O)C1CCCC1. The Hall–Kier alpha value is -2.70. The quantitative estimate of drug-likeness (QED) is 0.771. The monoisotopic (exact) mass is 373 g/mol. The zero-order chi connectivity index (χ0) is 19.4. The van der Waals surface area contributed by atoms with Crippen LogP contribution in [0, 0.1) is 5.92 Å². The van der Waals surface area contributed by atoms with Crippen molar-refractivity contribution < 1.29 is 19.0 Å². The molecule has 1 fully saturated rings. The van der Waals surface area contributed by atoms with E-state index in [1.165, 1.54) is 0 Å². The molecule has 7 heteroatoms. The predicted octanol–water partition coefficient (Wildman–Crippen LogP) is 3.79. The van der Waals surface area contributed by atoms with Gasteiger partial charge in [-0.25, -0.2) is 0 Å². The summed E-state index contributed by atoms with van der Waals surface area (Å²) >= 11 is 0. The van der Waals surface area contributed by atoms with Gasteiger partial charge in [-0.05, 0) is 31.4 Å². The number of aromatic amines is 1. The Morgan fingerprint density at radius 3 is 2.30 bits per heavy atom. The number of rotatable bonds is 7. The molecule has 1 aliphatic carbocycles. The third-order valence-corrected chi connectivity index (χ3v) is 5.11. The fraction of sp³-hybridized carbons (Fsp3) is 0.500. The van der Waals surface area contributed by atoms with Gasteiger partial charge in [0.15, 0.2) is 11.5 Å². The highest BCUT2D eigenvalue weighted by Crippen LogP contribution is 2.42. The summed E-state index contributed by atoms with van der Waals surface area (Å²) in [5.74, 6) is 1.75. The largest absolute Gasteiger partial charge is 0.493 e. The van der Waals surface area contributed by atoms with Crippen molar-refractivity contribution in [3.63, 3.8) is 0 Å². The second-order valence-electron chi connectivity index (χ2n) is 6.66. The van der Waals surface area contributed by atoms with Crippen LogP contribution in [0.5, 0.6) is 17.2 Å². The van der Waals surface area contributed by atoms with Gasteiger partial charge in [-0.2, -0.15) is 5.10 Å². The van der Waals surface area contributed by atoms with Gasteiger partial charge >= 0.3 is 0 Å². The molecule has 27 heavy (non-hydrogen) atoms. The Balaban J connectivity index is 2.02. The molecule has 0 saturated heterocycles. The van der Waals surface area contributed by atoms with Crippen LogP contribution in [0.4, 0.5) is 5.69 Å². The Morgan fingerprint density at radius 2 is 1.78 bits per heavy atom. The number of carbonyl (C=O) groups excluding carboxylic acids is 1. The standard InChI is InChI=1S/C20H27N3O4/c1-5-14-18(21-20(24)12-8-6-7-9-12)17(23-22-14)13-10-15(25-2)19(27-4)16(11-13)26-3/h10-12H,5-9H2,1-4H3,(H,21,24)(H,22,23). The Kier molecular flexibility index (Phi) is 5.88. The Morgan fingerprint density at radius 1 is 1.15 bits per heavy atom. The predicted molar refractivity (Wildman–Crippen MR) is 104 cm³/mol. The van der Waals surface area contributed by atoms with E-state index in [9.17, 15) is 4.79 Å². The fourth-order valence-electron chi connectivity index (χ4n) is 3.61. The zero-order valence-electron chi connectivity index (χ0n) is 16.3. The van der Waals surface area contributed by atoms with E-state index in [0.29, 0.717) is 22.9 Å². The van der Waals surface area contributed by atoms with Crippen LogP contribution in [0.15, 0.2) is 12.1 Å². The van der Waals surface area contributed by atoms with Gasteiger partial charge < -0.3 is 19.5 Å². The highest BCUT2D eigenvalue weighted by molar-refractivity contribution is 5.97. The van der Waals surface area contributed by atoms with Crippen molar-refractivity contribution in [3.05, 3.63) is 17.8 Å². The second-order valence-corrected chi connectivity index (χ2v) is 6.66. The molecule has 1 amide bonds. The molecule has 7 nitrogen and oxygen atoms in total. The van der Waals surface area contributed by atoms with Gasteiger partial charge in [0.1, 0.15) is 5.69 Å². The van der Waals surface area contributed by atoms with Gasteiger partial charge in [-0.3, -0.25) is 9.89 Å². The first-order valence-electron chi connectivity index (χ1n) is 9.31. The maximum atomic E-state index is 12.7. The summed E-state index contributed by atoms with van der Waals surface area (Å²) in [4.78, 5) is 12.7. The molecular weight excluding hydrogens is 346 g/mol. The summed E-state index contributed by atoms with van der Waals surface area (Å²) in [6, 6.07) is 3.67. The number of hydrogen-bond acceptors (Lipinski definition) is 5. The summed E-state index contributed by atoms with van der Waals surface area (Å²) in [6.45, 7) is 2.03. The van der Waals surface area contributed by atoms with E-state index < -0.39 is 0 Å². The number of amides is 1. The Labute approximate surface area is 159 Å². The highest BCUT2D eigenvalue weighted by Gasteiger charge is 2.26. The second kappa shape index (κ2) is 8.33. The van der Waals surface area contributed by atoms with Crippen LogP contribution in [0.25, 0.3) is 11.3 Å². The zero-order valence-corrected chi connectivity index (χ0v) is 16.3. The smallest absolute Gasteiger partial charge is 0.227 e. The van der Waals surface area contributed by atoms with Gasteiger partial charge in [-0.15, -0.1) is 0 Å².